The first-order valence-electron chi connectivity index (χ1n) is 5.95. The average Bonchev–Trinajstić information content (AvgIpc) is 2.24. The third-order valence-electron chi connectivity index (χ3n) is 2.42. The van der Waals surface area contributed by atoms with Gasteiger partial charge in [0.25, 0.3) is 0 Å². The van der Waals surface area contributed by atoms with Gasteiger partial charge in [-0.15, -0.1) is 0 Å². The lowest BCUT2D eigenvalue weighted by atomic mass is 10.1. The molecule has 0 saturated heterocycles. The highest BCUT2D eigenvalue weighted by molar-refractivity contribution is 7.91. The third-order valence-corrected chi connectivity index (χ3v) is 4.24. The molecule has 0 atom stereocenters. The van der Waals surface area contributed by atoms with E-state index in [4.69, 9.17) is 0 Å². The molecule has 0 aliphatic heterocycles. The summed E-state index contributed by atoms with van der Waals surface area (Å²) in [5.74, 6) is -0.724. The summed E-state index contributed by atoms with van der Waals surface area (Å²) in [6.07, 6.45) is 0.466. The van der Waals surface area contributed by atoms with E-state index in [0.717, 1.165) is 0 Å². The molecule has 0 aliphatic rings. The Morgan fingerprint density at radius 1 is 1.22 bits per heavy atom. The van der Waals surface area contributed by atoms with Gasteiger partial charge in [0, 0.05) is 5.54 Å². The van der Waals surface area contributed by atoms with E-state index in [9.17, 15) is 12.8 Å². The summed E-state index contributed by atoms with van der Waals surface area (Å²) in [5, 5.41) is 3.20. The highest BCUT2D eigenvalue weighted by Gasteiger charge is 2.18. The molecule has 1 aromatic rings. The zero-order valence-electron chi connectivity index (χ0n) is 11.0. The van der Waals surface area contributed by atoms with Crippen molar-refractivity contribution in [3.8, 4) is 0 Å². The summed E-state index contributed by atoms with van der Waals surface area (Å²) in [6, 6.07) is 5.49. The van der Waals surface area contributed by atoms with E-state index in [-0.39, 0.29) is 16.2 Å². The number of rotatable bonds is 5. The fourth-order valence-electron chi connectivity index (χ4n) is 1.53. The number of benzene rings is 1. The quantitative estimate of drug-likeness (QED) is 0.838. The molecule has 0 spiro atoms. The second-order valence-electron chi connectivity index (χ2n) is 5.28. The maximum Gasteiger partial charge on any atom is 0.181 e. The summed E-state index contributed by atoms with van der Waals surface area (Å²) in [4.78, 5) is -0.208. The van der Waals surface area contributed by atoms with Gasteiger partial charge in [0.15, 0.2) is 9.84 Å². The maximum atomic E-state index is 13.4. The van der Waals surface area contributed by atoms with Gasteiger partial charge in [0.05, 0.1) is 5.75 Å². The van der Waals surface area contributed by atoms with Crippen LogP contribution >= 0.6 is 0 Å². The van der Waals surface area contributed by atoms with Crippen molar-refractivity contribution < 1.29 is 12.8 Å². The van der Waals surface area contributed by atoms with Gasteiger partial charge in [-0.3, -0.25) is 0 Å². The van der Waals surface area contributed by atoms with Crippen LogP contribution in [0.4, 0.5) is 4.39 Å². The molecule has 0 aliphatic carbocycles. The first kappa shape index (κ1) is 15.1. The van der Waals surface area contributed by atoms with Crippen molar-refractivity contribution in [1.29, 1.82) is 0 Å². The van der Waals surface area contributed by atoms with Crippen molar-refractivity contribution in [3.05, 3.63) is 30.1 Å². The molecule has 0 radical (unpaired) electrons. The summed E-state index contributed by atoms with van der Waals surface area (Å²) in [5.41, 5.74) is -0.0399. The van der Waals surface area contributed by atoms with E-state index in [1.54, 1.807) is 0 Å². The standard InChI is InChI=1S/C13H20FNO2S/c1-13(2,3)15-9-6-10-18(16,17)12-8-5-4-7-11(12)14/h4-5,7-8,15H,6,9-10H2,1-3H3. The summed E-state index contributed by atoms with van der Waals surface area (Å²) < 4.78 is 37.2. The van der Waals surface area contributed by atoms with E-state index in [1.165, 1.54) is 24.3 Å². The molecule has 0 saturated carbocycles. The van der Waals surface area contributed by atoms with E-state index < -0.39 is 15.7 Å². The predicted octanol–water partition coefficient (Wildman–Crippen LogP) is 2.38. The molecule has 0 heterocycles. The highest BCUT2D eigenvalue weighted by Crippen LogP contribution is 2.15. The Hall–Kier alpha value is -0.940. The van der Waals surface area contributed by atoms with Crippen LogP contribution in [0.5, 0.6) is 0 Å². The molecule has 0 fully saturated rings. The van der Waals surface area contributed by atoms with E-state index >= 15 is 0 Å². The Balaban J connectivity index is 2.59. The molecule has 1 aromatic carbocycles. The molecule has 1 rings (SSSR count). The van der Waals surface area contributed by atoms with Crippen LogP contribution in [0.15, 0.2) is 29.2 Å². The van der Waals surface area contributed by atoms with Crippen LogP contribution in [0.1, 0.15) is 27.2 Å². The van der Waals surface area contributed by atoms with Crippen LogP contribution in [-0.4, -0.2) is 26.3 Å². The van der Waals surface area contributed by atoms with E-state index in [0.29, 0.717) is 13.0 Å². The number of hydrogen-bond donors (Lipinski definition) is 1. The molecule has 0 aromatic heterocycles. The van der Waals surface area contributed by atoms with Crippen LogP contribution in [0.2, 0.25) is 0 Å². The molecular formula is C13H20FNO2S. The van der Waals surface area contributed by atoms with Crippen LogP contribution in [0.25, 0.3) is 0 Å². The van der Waals surface area contributed by atoms with Crippen LogP contribution < -0.4 is 5.32 Å². The minimum atomic E-state index is -3.52. The summed E-state index contributed by atoms with van der Waals surface area (Å²) in [6.45, 7) is 6.63. The molecule has 5 heteroatoms. The fraction of sp³-hybridized carbons (Fsp3) is 0.538. The second-order valence-corrected chi connectivity index (χ2v) is 7.36. The van der Waals surface area contributed by atoms with Gasteiger partial charge in [-0.1, -0.05) is 12.1 Å². The first-order chi connectivity index (χ1) is 8.22. The molecular weight excluding hydrogens is 253 g/mol. The van der Waals surface area contributed by atoms with Crippen molar-refractivity contribution in [2.45, 2.75) is 37.6 Å². The first-order valence-corrected chi connectivity index (χ1v) is 7.60. The van der Waals surface area contributed by atoms with Crippen molar-refractivity contribution in [2.75, 3.05) is 12.3 Å². The van der Waals surface area contributed by atoms with Gasteiger partial charge in [-0.25, -0.2) is 12.8 Å². The van der Waals surface area contributed by atoms with E-state index in [2.05, 4.69) is 5.32 Å². The van der Waals surface area contributed by atoms with Gasteiger partial charge in [-0.2, -0.15) is 0 Å². The Bertz CT molecular complexity index is 492. The molecule has 18 heavy (non-hydrogen) atoms. The lowest BCUT2D eigenvalue weighted by molar-refractivity contribution is 0.426. The van der Waals surface area contributed by atoms with Crippen LogP contribution in [0, 0.1) is 5.82 Å². The Labute approximate surface area is 108 Å². The third kappa shape index (κ3) is 4.74. The smallest absolute Gasteiger partial charge is 0.181 e. The largest absolute Gasteiger partial charge is 0.312 e. The minimum absolute atomic E-state index is 0.0399. The topological polar surface area (TPSA) is 46.2 Å². The average molecular weight is 273 g/mol. The molecule has 1 N–H and O–H groups in total. The SMILES string of the molecule is CC(C)(C)NCCCS(=O)(=O)c1ccccc1F. The molecule has 0 unspecified atom stereocenters. The van der Waals surface area contributed by atoms with Crippen molar-refractivity contribution in [1.82, 2.24) is 5.32 Å². The van der Waals surface area contributed by atoms with Gasteiger partial charge in [0.1, 0.15) is 10.7 Å². The zero-order chi connectivity index (χ0) is 13.8. The number of nitrogens with one attached hydrogen (secondary N) is 1. The molecule has 0 bridgehead atoms. The van der Waals surface area contributed by atoms with Crippen molar-refractivity contribution >= 4 is 9.84 Å². The Morgan fingerprint density at radius 3 is 2.39 bits per heavy atom. The van der Waals surface area contributed by atoms with Gasteiger partial charge in [0.2, 0.25) is 0 Å². The lowest BCUT2D eigenvalue weighted by Gasteiger charge is -2.20. The molecule has 102 valence electrons. The maximum absolute atomic E-state index is 13.4. The molecule has 0 amide bonds. The van der Waals surface area contributed by atoms with Crippen LogP contribution in [0.3, 0.4) is 0 Å². The summed E-state index contributed by atoms with van der Waals surface area (Å²) >= 11 is 0. The number of hydrogen-bond acceptors (Lipinski definition) is 3. The van der Waals surface area contributed by atoms with Crippen molar-refractivity contribution in [3.63, 3.8) is 0 Å². The number of sulfone groups is 1. The second kappa shape index (κ2) is 5.80. The normalized spacial score (nSPS) is 12.7. The Kier molecular flexibility index (Phi) is 4.87. The zero-order valence-corrected chi connectivity index (χ0v) is 11.8. The highest BCUT2D eigenvalue weighted by atomic mass is 32.2. The monoisotopic (exact) mass is 273 g/mol. The molecule has 3 nitrogen and oxygen atoms in total. The Morgan fingerprint density at radius 2 is 1.83 bits per heavy atom. The van der Waals surface area contributed by atoms with Crippen LogP contribution in [-0.2, 0) is 9.84 Å². The predicted molar refractivity (Wildman–Crippen MR) is 70.8 cm³/mol. The van der Waals surface area contributed by atoms with Gasteiger partial charge >= 0.3 is 0 Å². The number of halogens is 1. The van der Waals surface area contributed by atoms with Crippen molar-refractivity contribution in [2.24, 2.45) is 0 Å². The van der Waals surface area contributed by atoms with Gasteiger partial charge < -0.3 is 5.32 Å². The summed E-state index contributed by atoms with van der Waals surface area (Å²) in [7, 11) is -3.52. The lowest BCUT2D eigenvalue weighted by Crippen LogP contribution is -2.37. The van der Waals surface area contributed by atoms with E-state index in [1.807, 2.05) is 20.8 Å². The fourth-order valence-corrected chi connectivity index (χ4v) is 2.93. The minimum Gasteiger partial charge on any atom is -0.312 e. The van der Waals surface area contributed by atoms with Gasteiger partial charge in [-0.05, 0) is 45.9 Å².